The fourth-order valence-electron chi connectivity index (χ4n) is 2.29. The van der Waals surface area contributed by atoms with Crippen molar-refractivity contribution in [1.82, 2.24) is 5.32 Å². The van der Waals surface area contributed by atoms with Gasteiger partial charge in [0.05, 0.1) is 6.61 Å². The van der Waals surface area contributed by atoms with Crippen molar-refractivity contribution in [2.45, 2.75) is 51.9 Å². The van der Waals surface area contributed by atoms with E-state index in [1.54, 1.807) is 7.11 Å². The number of esters is 1. The molecule has 0 aliphatic heterocycles. The predicted molar refractivity (Wildman–Crippen MR) is 76.1 cm³/mol. The van der Waals surface area contributed by atoms with E-state index in [1.165, 1.54) is 19.3 Å². The molecule has 0 amide bonds. The van der Waals surface area contributed by atoms with Crippen LogP contribution in [0.2, 0.25) is 0 Å². The van der Waals surface area contributed by atoms with E-state index < -0.39 is 0 Å². The number of hydrogen-bond acceptors (Lipinski definition) is 4. The zero-order chi connectivity index (χ0) is 14.0. The molecule has 0 atom stereocenters. The van der Waals surface area contributed by atoms with Crippen LogP contribution in [0.25, 0.3) is 0 Å². The van der Waals surface area contributed by atoms with Crippen molar-refractivity contribution >= 4 is 5.97 Å². The highest BCUT2D eigenvalue weighted by Gasteiger charge is 2.41. The first-order chi connectivity index (χ1) is 9.22. The van der Waals surface area contributed by atoms with Gasteiger partial charge in [-0.15, -0.1) is 0 Å². The van der Waals surface area contributed by atoms with Gasteiger partial charge in [-0.3, -0.25) is 4.79 Å². The highest BCUT2D eigenvalue weighted by Crippen LogP contribution is 2.48. The second-order valence-corrected chi connectivity index (χ2v) is 5.54. The van der Waals surface area contributed by atoms with Crippen LogP contribution in [0, 0.1) is 5.41 Å². The summed E-state index contributed by atoms with van der Waals surface area (Å²) in [5.41, 5.74) is 0.529. The second kappa shape index (κ2) is 9.32. The number of nitrogens with one attached hydrogen (secondary N) is 1. The fraction of sp³-hybridized carbons (Fsp3) is 0.933. The maximum Gasteiger partial charge on any atom is 0.305 e. The average molecular weight is 271 g/mol. The monoisotopic (exact) mass is 271 g/mol. The molecule has 1 aliphatic rings. The van der Waals surface area contributed by atoms with Crippen LogP contribution in [-0.4, -0.2) is 39.4 Å². The number of rotatable bonds is 12. The van der Waals surface area contributed by atoms with Crippen LogP contribution in [-0.2, 0) is 14.3 Å². The third kappa shape index (κ3) is 7.53. The van der Waals surface area contributed by atoms with Crippen molar-refractivity contribution < 1.29 is 14.3 Å². The zero-order valence-electron chi connectivity index (χ0n) is 12.5. The van der Waals surface area contributed by atoms with Gasteiger partial charge in [-0.2, -0.15) is 0 Å². The Morgan fingerprint density at radius 2 is 2.05 bits per heavy atom. The van der Waals surface area contributed by atoms with Gasteiger partial charge in [0.15, 0.2) is 0 Å². The quantitative estimate of drug-likeness (QED) is 0.438. The lowest BCUT2D eigenvalue weighted by atomic mass is 10.0. The average Bonchev–Trinajstić information content (AvgIpc) is 3.16. The Labute approximate surface area is 117 Å². The molecule has 4 heteroatoms. The van der Waals surface area contributed by atoms with Crippen LogP contribution in [0.4, 0.5) is 0 Å². The van der Waals surface area contributed by atoms with E-state index in [1.807, 2.05) is 6.92 Å². The minimum absolute atomic E-state index is 0.0630. The summed E-state index contributed by atoms with van der Waals surface area (Å²) in [6.45, 7) is 5.38. The van der Waals surface area contributed by atoms with Crippen LogP contribution < -0.4 is 5.32 Å². The second-order valence-electron chi connectivity index (χ2n) is 5.54. The lowest BCUT2D eigenvalue weighted by molar-refractivity contribution is -0.143. The van der Waals surface area contributed by atoms with Gasteiger partial charge in [0.25, 0.3) is 0 Å². The van der Waals surface area contributed by atoms with Crippen molar-refractivity contribution in [1.29, 1.82) is 0 Å². The Balaban J connectivity index is 1.87. The summed E-state index contributed by atoms with van der Waals surface area (Å²) >= 11 is 0. The third-order valence-electron chi connectivity index (χ3n) is 3.83. The molecule has 1 rings (SSSR count). The molecule has 0 saturated heterocycles. The summed E-state index contributed by atoms with van der Waals surface area (Å²) in [4.78, 5) is 11.1. The predicted octanol–water partition coefficient (Wildman–Crippen LogP) is 2.52. The molecule has 0 aromatic heterocycles. The molecule has 0 heterocycles. The van der Waals surface area contributed by atoms with E-state index in [4.69, 9.17) is 9.47 Å². The number of carbonyl (C=O) groups excluding carboxylic acids is 1. The summed E-state index contributed by atoms with van der Waals surface area (Å²) in [5.74, 6) is -0.0630. The number of ether oxygens (including phenoxy) is 2. The minimum Gasteiger partial charge on any atom is -0.466 e. The highest BCUT2D eigenvalue weighted by atomic mass is 16.5. The first kappa shape index (κ1) is 16.4. The molecule has 0 aromatic carbocycles. The Hall–Kier alpha value is -0.610. The van der Waals surface area contributed by atoms with Crippen molar-refractivity contribution in [3.8, 4) is 0 Å². The number of unbranched alkanes of at least 4 members (excludes halogenated alkanes) is 2. The van der Waals surface area contributed by atoms with Crippen molar-refractivity contribution in [2.24, 2.45) is 5.41 Å². The van der Waals surface area contributed by atoms with Gasteiger partial charge in [0.2, 0.25) is 0 Å². The number of carbonyl (C=O) groups is 1. The van der Waals surface area contributed by atoms with Crippen LogP contribution in [0.15, 0.2) is 0 Å². The van der Waals surface area contributed by atoms with Gasteiger partial charge in [-0.05, 0) is 51.0 Å². The summed E-state index contributed by atoms with van der Waals surface area (Å²) in [7, 11) is 1.77. The minimum atomic E-state index is -0.0630. The van der Waals surface area contributed by atoms with E-state index in [2.05, 4.69) is 5.32 Å². The molecule has 1 saturated carbocycles. The smallest absolute Gasteiger partial charge is 0.305 e. The normalized spacial score (nSPS) is 16.3. The van der Waals surface area contributed by atoms with Crippen LogP contribution in [0.3, 0.4) is 0 Å². The molecule has 19 heavy (non-hydrogen) atoms. The third-order valence-corrected chi connectivity index (χ3v) is 3.83. The molecule has 0 spiro atoms. The lowest BCUT2D eigenvalue weighted by Gasteiger charge is -2.15. The van der Waals surface area contributed by atoms with E-state index in [9.17, 15) is 4.79 Å². The van der Waals surface area contributed by atoms with E-state index in [0.29, 0.717) is 18.4 Å². The molecule has 1 aliphatic carbocycles. The zero-order valence-corrected chi connectivity index (χ0v) is 12.5. The Morgan fingerprint density at radius 1 is 1.26 bits per heavy atom. The van der Waals surface area contributed by atoms with Crippen molar-refractivity contribution in [2.75, 3.05) is 33.4 Å². The van der Waals surface area contributed by atoms with Gasteiger partial charge in [-0.1, -0.05) is 6.42 Å². The van der Waals surface area contributed by atoms with Gasteiger partial charge >= 0.3 is 5.97 Å². The molecular formula is C15H29NO3. The Morgan fingerprint density at radius 3 is 2.68 bits per heavy atom. The van der Waals surface area contributed by atoms with Crippen molar-refractivity contribution in [3.05, 3.63) is 0 Å². The summed E-state index contributed by atoms with van der Waals surface area (Å²) in [6, 6.07) is 0. The summed E-state index contributed by atoms with van der Waals surface area (Å²) in [6.07, 6.45) is 7.59. The maximum absolute atomic E-state index is 11.1. The first-order valence-corrected chi connectivity index (χ1v) is 7.58. The SMILES string of the molecule is CCOC(=O)CCCCCNCC1(CCOC)CC1. The van der Waals surface area contributed by atoms with E-state index in [0.717, 1.165) is 39.0 Å². The Kier molecular flexibility index (Phi) is 8.07. The molecule has 1 N–H and O–H groups in total. The largest absolute Gasteiger partial charge is 0.466 e. The molecule has 0 aromatic rings. The summed E-state index contributed by atoms with van der Waals surface area (Å²) in [5, 5.41) is 3.54. The van der Waals surface area contributed by atoms with E-state index in [-0.39, 0.29) is 5.97 Å². The lowest BCUT2D eigenvalue weighted by Crippen LogP contribution is -2.25. The van der Waals surface area contributed by atoms with Crippen LogP contribution in [0.1, 0.15) is 51.9 Å². The molecule has 4 nitrogen and oxygen atoms in total. The van der Waals surface area contributed by atoms with Gasteiger partial charge < -0.3 is 14.8 Å². The standard InChI is InChI=1S/C15H29NO3/c1-3-19-14(17)7-5-4-6-11-16-13-15(8-9-15)10-12-18-2/h16H,3-13H2,1-2H3. The molecule has 0 bridgehead atoms. The van der Waals surface area contributed by atoms with Gasteiger partial charge in [-0.25, -0.2) is 0 Å². The van der Waals surface area contributed by atoms with E-state index >= 15 is 0 Å². The van der Waals surface area contributed by atoms with Gasteiger partial charge in [0.1, 0.15) is 0 Å². The number of methoxy groups -OCH3 is 1. The molecule has 0 unspecified atom stereocenters. The molecule has 0 radical (unpaired) electrons. The Bertz CT molecular complexity index is 252. The highest BCUT2D eigenvalue weighted by molar-refractivity contribution is 5.69. The fourth-order valence-corrected chi connectivity index (χ4v) is 2.29. The first-order valence-electron chi connectivity index (χ1n) is 7.58. The topological polar surface area (TPSA) is 47.6 Å². The van der Waals surface area contributed by atoms with Crippen LogP contribution >= 0.6 is 0 Å². The van der Waals surface area contributed by atoms with Gasteiger partial charge in [0, 0.05) is 26.7 Å². The summed E-state index contributed by atoms with van der Waals surface area (Å²) < 4.78 is 10.0. The van der Waals surface area contributed by atoms with Crippen molar-refractivity contribution in [3.63, 3.8) is 0 Å². The number of hydrogen-bond donors (Lipinski definition) is 1. The molecule has 1 fully saturated rings. The molecule has 112 valence electrons. The van der Waals surface area contributed by atoms with Crippen LogP contribution in [0.5, 0.6) is 0 Å². The maximum atomic E-state index is 11.1. The molecular weight excluding hydrogens is 242 g/mol.